The van der Waals surface area contributed by atoms with Crippen LogP contribution < -0.4 is 4.90 Å². The zero-order chi connectivity index (χ0) is 15.1. The van der Waals surface area contributed by atoms with E-state index in [0.717, 1.165) is 5.25 Å². The van der Waals surface area contributed by atoms with E-state index in [2.05, 4.69) is 66.9 Å². The lowest BCUT2D eigenvalue weighted by Crippen LogP contribution is -2.47. The first-order valence-corrected chi connectivity index (χ1v) is 9.55. The predicted octanol–water partition coefficient (Wildman–Crippen LogP) is 5.67. The minimum absolute atomic E-state index is 0.675. The van der Waals surface area contributed by atoms with Gasteiger partial charge in [0.05, 0.1) is 5.70 Å². The van der Waals surface area contributed by atoms with E-state index in [1.54, 1.807) is 4.91 Å². The van der Waals surface area contributed by atoms with Crippen LogP contribution >= 0.6 is 11.8 Å². The van der Waals surface area contributed by atoms with Gasteiger partial charge in [0.1, 0.15) is 0 Å². The van der Waals surface area contributed by atoms with Crippen molar-refractivity contribution in [1.29, 1.82) is 0 Å². The van der Waals surface area contributed by atoms with E-state index in [0.29, 0.717) is 12.0 Å². The first kappa shape index (κ1) is 14.4. The van der Waals surface area contributed by atoms with Gasteiger partial charge in [-0.05, 0) is 55.9 Å². The topological polar surface area (TPSA) is 3.24 Å². The van der Waals surface area contributed by atoms with E-state index in [9.17, 15) is 0 Å². The summed E-state index contributed by atoms with van der Waals surface area (Å²) in [6.07, 6.45) is 11.5. The quantitative estimate of drug-likeness (QED) is 0.657. The highest BCUT2D eigenvalue weighted by Gasteiger charge is 2.39. The van der Waals surface area contributed by atoms with Gasteiger partial charge in [-0.2, -0.15) is 0 Å². The first-order chi connectivity index (χ1) is 10.7. The van der Waals surface area contributed by atoms with Gasteiger partial charge >= 0.3 is 0 Å². The van der Waals surface area contributed by atoms with E-state index >= 15 is 0 Å². The lowest BCUT2D eigenvalue weighted by molar-refractivity contribution is 0.435. The minimum atomic E-state index is 0.675. The molecule has 0 saturated heterocycles. The van der Waals surface area contributed by atoms with Crippen LogP contribution in [-0.2, 0) is 0 Å². The highest BCUT2D eigenvalue weighted by Crippen LogP contribution is 2.49. The molecule has 0 spiro atoms. The Morgan fingerprint density at radius 1 is 1.18 bits per heavy atom. The molecule has 1 aromatic carbocycles. The third-order valence-electron chi connectivity index (χ3n) is 5.28. The lowest BCUT2D eigenvalue weighted by atomic mass is 9.90. The van der Waals surface area contributed by atoms with Crippen LogP contribution in [0.1, 0.15) is 44.6 Å². The van der Waals surface area contributed by atoms with Gasteiger partial charge in [-0.15, -0.1) is 11.8 Å². The molecule has 1 nitrogen and oxygen atoms in total. The number of thioether (sulfide) groups is 1. The van der Waals surface area contributed by atoms with Crippen molar-refractivity contribution in [2.45, 2.75) is 57.2 Å². The Kier molecular flexibility index (Phi) is 3.81. The molecule has 1 saturated carbocycles. The molecule has 0 N–H and O–H groups in total. The average molecular weight is 311 g/mol. The lowest BCUT2D eigenvalue weighted by Gasteiger charge is -2.48. The van der Waals surface area contributed by atoms with Gasteiger partial charge in [0.25, 0.3) is 0 Å². The first-order valence-electron chi connectivity index (χ1n) is 8.67. The Morgan fingerprint density at radius 3 is 2.91 bits per heavy atom. The predicted molar refractivity (Wildman–Crippen MR) is 97.2 cm³/mol. The van der Waals surface area contributed by atoms with Crippen LogP contribution in [0, 0.1) is 12.8 Å². The van der Waals surface area contributed by atoms with Crippen molar-refractivity contribution in [2.24, 2.45) is 5.92 Å². The van der Waals surface area contributed by atoms with Crippen molar-refractivity contribution >= 4 is 17.4 Å². The summed E-state index contributed by atoms with van der Waals surface area (Å²) in [6, 6.07) is 9.75. The SMILES string of the molecule is Cc1cccc(N2C3=C(SC4CCCCC42)C(C)CC=C3)c1. The fraction of sp³-hybridized carbons (Fsp3) is 0.500. The van der Waals surface area contributed by atoms with Crippen LogP contribution in [0.3, 0.4) is 0 Å². The molecule has 4 rings (SSSR count). The van der Waals surface area contributed by atoms with Crippen LogP contribution in [0.25, 0.3) is 0 Å². The summed E-state index contributed by atoms with van der Waals surface area (Å²) in [5, 5.41) is 0.780. The monoisotopic (exact) mass is 311 g/mol. The van der Waals surface area contributed by atoms with Crippen molar-refractivity contribution in [1.82, 2.24) is 0 Å². The molecule has 1 fully saturated rings. The van der Waals surface area contributed by atoms with Gasteiger partial charge in [0.2, 0.25) is 0 Å². The van der Waals surface area contributed by atoms with E-state index in [1.807, 2.05) is 0 Å². The van der Waals surface area contributed by atoms with Gasteiger partial charge in [-0.3, -0.25) is 0 Å². The molecule has 116 valence electrons. The third-order valence-corrected chi connectivity index (χ3v) is 7.00. The second kappa shape index (κ2) is 5.81. The summed E-state index contributed by atoms with van der Waals surface area (Å²) >= 11 is 2.20. The summed E-state index contributed by atoms with van der Waals surface area (Å²) in [6.45, 7) is 4.60. The van der Waals surface area contributed by atoms with E-state index < -0.39 is 0 Å². The van der Waals surface area contributed by atoms with Crippen molar-refractivity contribution in [3.8, 4) is 0 Å². The fourth-order valence-corrected chi connectivity index (χ4v) is 5.80. The number of fused-ring (bicyclic) bond motifs is 1. The highest BCUT2D eigenvalue weighted by atomic mass is 32.2. The smallest absolute Gasteiger partial charge is 0.0510 e. The fourth-order valence-electron chi connectivity index (χ4n) is 4.16. The summed E-state index contributed by atoms with van der Waals surface area (Å²) < 4.78 is 0. The van der Waals surface area contributed by atoms with Gasteiger partial charge in [-0.1, -0.05) is 38.0 Å². The van der Waals surface area contributed by atoms with Gasteiger partial charge in [0, 0.05) is 21.9 Å². The van der Waals surface area contributed by atoms with Crippen molar-refractivity contribution in [2.75, 3.05) is 4.90 Å². The Labute approximate surface area is 138 Å². The molecule has 3 unspecified atom stereocenters. The Bertz CT molecular complexity index is 630. The summed E-state index contributed by atoms with van der Waals surface area (Å²) in [5.41, 5.74) is 4.24. The number of nitrogens with zero attached hydrogens (tertiary/aromatic N) is 1. The van der Waals surface area contributed by atoms with Crippen molar-refractivity contribution in [3.63, 3.8) is 0 Å². The third kappa shape index (κ3) is 2.42. The summed E-state index contributed by atoms with van der Waals surface area (Å²) in [5.74, 6) is 0.681. The normalized spacial score (nSPS) is 31.0. The van der Waals surface area contributed by atoms with E-state index in [4.69, 9.17) is 0 Å². The second-order valence-electron chi connectivity index (χ2n) is 7.01. The number of rotatable bonds is 1. The molecule has 2 heteroatoms. The highest BCUT2D eigenvalue weighted by molar-refractivity contribution is 8.03. The molecule has 3 aliphatic rings. The van der Waals surface area contributed by atoms with Crippen LogP contribution in [0.15, 0.2) is 47.0 Å². The van der Waals surface area contributed by atoms with Gasteiger partial charge in [-0.25, -0.2) is 0 Å². The largest absolute Gasteiger partial charge is 0.337 e. The molecule has 0 radical (unpaired) electrons. The summed E-state index contributed by atoms with van der Waals surface area (Å²) in [7, 11) is 0. The zero-order valence-corrected chi connectivity index (χ0v) is 14.4. The standard InChI is InChI=1S/C20H25NS/c1-14-7-5-9-16(13-14)21-17-10-3-4-12-19(17)22-20-15(2)8-6-11-18(20)21/h5-7,9,11,13,15,17,19H,3-4,8,10,12H2,1-2H3. The van der Waals surface area contributed by atoms with Crippen LogP contribution in [0.5, 0.6) is 0 Å². The molecule has 22 heavy (non-hydrogen) atoms. The Morgan fingerprint density at radius 2 is 2.05 bits per heavy atom. The molecule has 2 aliphatic carbocycles. The molecule has 0 amide bonds. The molecule has 1 heterocycles. The van der Waals surface area contributed by atoms with Crippen LogP contribution in [-0.4, -0.2) is 11.3 Å². The van der Waals surface area contributed by atoms with Crippen LogP contribution in [0.4, 0.5) is 5.69 Å². The zero-order valence-electron chi connectivity index (χ0n) is 13.6. The number of anilines is 1. The maximum atomic E-state index is 2.68. The summed E-state index contributed by atoms with van der Waals surface area (Å²) in [4.78, 5) is 4.31. The average Bonchev–Trinajstić information content (AvgIpc) is 2.53. The second-order valence-corrected chi connectivity index (χ2v) is 8.29. The number of allylic oxidation sites excluding steroid dienone is 3. The van der Waals surface area contributed by atoms with Crippen LogP contribution in [0.2, 0.25) is 0 Å². The molecule has 0 bridgehead atoms. The number of aryl methyl sites for hydroxylation is 1. The molecule has 3 atom stereocenters. The Hall–Kier alpha value is -1.15. The van der Waals surface area contributed by atoms with E-state index in [1.165, 1.54) is 49.1 Å². The molecule has 1 aromatic rings. The molecular formula is C20H25NS. The Balaban J connectivity index is 1.83. The van der Waals surface area contributed by atoms with E-state index in [-0.39, 0.29) is 0 Å². The molecule has 0 aromatic heterocycles. The minimum Gasteiger partial charge on any atom is -0.337 e. The molecule has 1 aliphatic heterocycles. The number of hydrogen-bond donors (Lipinski definition) is 0. The van der Waals surface area contributed by atoms with Crippen molar-refractivity contribution in [3.05, 3.63) is 52.6 Å². The molecular weight excluding hydrogens is 286 g/mol. The number of benzene rings is 1. The maximum absolute atomic E-state index is 2.68. The van der Waals surface area contributed by atoms with Gasteiger partial charge < -0.3 is 4.90 Å². The maximum Gasteiger partial charge on any atom is 0.0510 e. The van der Waals surface area contributed by atoms with Gasteiger partial charge in [0.15, 0.2) is 0 Å². The van der Waals surface area contributed by atoms with Crippen molar-refractivity contribution < 1.29 is 0 Å². The number of hydrogen-bond acceptors (Lipinski definition) is 2.